The Bertz CT molecular complexity index is 903. The maximum atomic E-state index is 12.9. The zero-order valence-electron chi connectivity index (χ0n) is 16.9. The smallest absolute Gasteiger partial charge is 0.257 e. The van der Waals surface area contributed by atoms with Crippen molar-refractivity contribution in [2.45, 2.75) is 44.6 Å². The van der Waals surface area contributed by atoms with Crippen molar-refractivity contribution in [3.8, 4) is 0 Å². The molecule has 3 amide bonds. The second-order valence-corrected chi connectivity index (χ2v) is 8.09. The Morgan fingerprint density at radius 3 is 2.57 bits per heavy atom. The van der Waals surface area contributed by atoms with Gasteiger partial charge in [-0.25, -0.2) is 0 Å². The molecule has 1 aliphatic carbocycles. The van der Waals surface area contributed by atoms with Crippen molar-refractivity contribution in [1.82, 2.24) is 10.2 Å². The van der Waals surface area contributed by atoms with Gasteiger partial charge < -0.3 is 20.0 Å². The summed E-state index contributed by atoms with van der Waals surface area (Å²) in [5.41, 5.74) is 1.47. The highest BCUT2D eigenvalue weighted by Gasteiger charge is 2.30. The van der Waals surface area contributed by atoms with Gasteiger partial charge in [-0.3, -0.25) is 14.4 Å². The number of hydrogen-bond donors (Lipinski definition) is 2. The van der Waals surface area contributed by atoms with E-state index in [9.17, 15) is 14.4 Å². The molecule has 0 bridgehead atoms. The number of hydrogen-bond acceptors (Lipinski definition) is 4. The van der Waals surface area contributed by atoms with Crippen LogP contribution in [0.25, 0.3) is 0 Å². The second-order valence-electron chi connectivity index (χ2n) is 8.09. The number of benzene rings is 1. The Labute approximate surface area is 175 Å². The molecule has 2 aromatic rings. The minimum Gasteiger partial charge on any atom is -0.472 e. The van der Waals surface area contributed by atoms with Crippen LogP contribution in [0.15, 0.2) is 47.3 Å². The third-order valence-corrected chi connectivity index (χ3v) is 5.97. The first kappa shape index (κ1) is 20.2. The molecule has 1 aromatic carbocycles. The Morgan fingerprint density at radius 1 is 1.00 bits per heavy atom. The Balaban J connectivity index is 1.41. The first-order valence-electron chi connectivity index (χ1n) is 10.6. The van der Waals surface area contributed by atoms with E-state index in [4.69, 9.17) is 4.42 Å². The lowest BCUT2D eigenvalue weighted by Gasteiger charge is -2.32. The van der Waals surface area contributed by atoms with Crippen LogP contribution in [0, 0.1) is 5.92 Å². The summed E-state index contributed by atoms with van der Waals surface area (Å²) in [6.07, 6.45) is 8.63. The summed E-state index contributed by atoms with van der Waals surface area (Å²) in [4.78, 5) is 39.9. The highest BCUT2D eigenvalue weighted by Crippen LogP contribution is 2.23. The van der Waals surface area contributed by atoms with Gasteiger partial charge in [0.05, 0.1) is 29.0 Å². The molecule has 1 aliphatic heterocycles. The van der Waals surface area contributed by atoms with Gasteiger partial charge in [0, 0.05) is 19.1 Å². The average molecular weight is 409 g/mol. The van der Waals surface area contributed by atoms with Crippen LogP contribution in [0.2, 0.25) is 0 Å². The van der Waals surface area contributed by atoms with E-state index >= 15 is 0 Å². The normalized spacial score (nSPS) is 19.5. The van der Waals surface area contributed by atoms with Crippen LogP contribution in [0.1, 0.15) is 59.2 Å². The van der Waals surface area contributed by atoms with Gasteiger partial charge in [-0.1, -0.05) is 25.0 Å². The molecule has 1 saturated carbocycles. The van der Waals surface area contributed by atoms with Gasteiger partial charge in [0.25, 0.3) is 11.8 Å². The molecule has 158 valence electrons. The van der Waals surface area contributed by atoms with Crippen LogP contribution in [0.5, 0.6) is 0 Å². The molecule has 2 N–H and O–H groups in total. The molecule has 0 unspecified atom stereocenters. The Kier molecular flexibility index (Phi) is 6.16. The van der Waals surface area contributed by atoms with E-state index < -0.39 is 0 Å². The summed E-state index contributed by atoms with van der Waals surface area (Å²) in [5.74, 6) is -0.767. The lowest BCUT2D eigenvalue weighted by Crippen LogP contribution is -2.43. The number of carbonyl (C=O) groups excluding carboxylic acids is 3. The number of nitrogens with one attached hydrogen (secondary N) is 2. The maximum Gasteiger partial charge on any atom is 0.257 e. The number of amides is 3. The van der Waals surface area contributed by atoms with E-state index in [1.54, 1.807) is 35.2 Å². The molecule has 1 atom stereocenters. The molecule has 7 nitrogen and oxygen atoms in total. The molecule has 0 radical (unpaired) electrons. The molecule has 2 heterocycles. The monoisotopic (exact) mass is 409 g/mol. The van der Waals surface area contributed by atoms with Crippen molar-refractivity contribution >= 4 is 23.4 Å². The van der Waals surface area contributed by atoms with Crippen LogP contribution in [-0.4, -0.2) is 41.8 Å². The fourth-order valence-electron chi connectivity index (χ4n) is 4.30. The third-order valence-electron chi connectivity index (χ3n) is 5.97. The molecule has 1 aromatic heterocycles. The molecule has 2 fully saturated rings. The molecule has 7 heteroatoms. The largest absolute Gasteiger partial charge is 0.472 e. The van der Waals surface area contributed by atoms with Crippen LogP contribution in [0.4, 0.5) is 5.69 Å². The standard InChI is InChI=1S/C23H27N3O4/c27-21(16-6-5-12-26(14-16)23(29)17-11-13-30-15-17)25-20-10-4-3-9-19(20)22(28)24-18-7-1-2-8-18/h3-4,9-11,13,15-16,18H,1-2,5-8,12,14H2,(H,24,28)(H,25,27)/t16-/m0/s1. The molecule has 1 saturated heterocycles. The van der Waals surface area contributed by atoms with Crippen molar-refractivity contribution in [3.05, 3.63) is 54.0 Å². The van der Waals surface area contributed by atoms with Gasteiger partial charge in [0.2, 0.25) is 5.91 Å². The van der Waals surface area contributed by atoms with Crippen molar-refractivity contribution in [3.63, 3.8) is 0 Å². The first-order chi connectivity index (χ1) is 14.6. The molecular formula is C23H27N3O4. The van der Waals surface area contributed by atoms with E-state index in [1.165, 1.54) is 12.5 Å². The zero-order valence-corrected chi connectivity index (χ0v) is 16.9. The van der Waals surface area contributed by atoms with E-state index in [-0.39, 0.29) is 29.7 Å². The Hall–Kier alpha value is -3.09. The minimum atomic E-state index is -0.319. The lowest BCUT2D eigenvalue weighted by atomic mass is 9.96. The average Bonchev–Trinajstić information content (AvgIpc) is 3.48. The predicted molar refractivity (Wildman–Crippen MR) is 112 cm³/mol. The van der Waals surface area contributed by atoms with E-state index in [0.29, 0.717) is 36.3 Å². The SMILES string of the molecule is O=C(NC1CCCC1)c1ccccc1NC(=O)[C@H]1CCCN(C(=O)c2ccoc2)C1. The summed E-state index contributed by atoms with van der Waals surface area (Å²) < 4.78 is 5.00. The number of rotatable bonds is 5. The van der Waals surface area contributed by atoms with Gasteiger partial charge >= 0.3 is 0 Å². The Morgan fingerprint density at radius 2 is 1.80 bits per heavy atom. The molecule has 30 heavy (non-hydrogen) atoms. The van der Waals surface area contributed by atoms with Gasteiger partial charge in [0.15, 0.2) is 0 Å². The number of likely N-dealkylation sites (tertiary alicyclic amines) is 1. The van der Waals surface area contributed by atoms with Gasteiger partial charge in [-0.2, -0.15) is 0 Å². The second kappa shape index (κ2) is 9.15. The van der Waals surface area contributed by atoms with Crippen LogP contribution in [0.3, 0.4) is 0 Å². The number of piperidine rings is 1. The van der Waals surface area contributed by atoms with E-state index in [0.717, 1.165) is 32.1 Å². The number of carbonyl (C=O) groups is 3. The summed E-state index contributed by atoms with van der Waals surface area (Å²) >= 11 is 0. The van der Waals surface area contributed by atoms with E-state index in [1.807, 2.05) is 0 Å². The minimum absolute atomic E-state index is 0.127. The van der Waals surface area contributed by atoms with Crippen molar-refractivity contribution in [2.75, 3.05) is 18.4 Å². The van der Waals surface area contributed by atoms with Crippen LogP contribution in [-0.2, 0) is 4.79 Å². The predicted octanol–water partition coefficient (Wildman–Crippen LogP) is 3.44. The lowest BCUT2D eigenvalue weighted by molar-refractivity contribution is -0.121. The summed E-state index contributed by atoms with van der Waals surface area (Å²) in [7, 11) is 0. The van der Waals surface area contributed by atoms with E-state index in [2.05, 4.69) is 10.6 Å². The molecular weight excluding hydrogens is 382 g/mol. The highest BCUT2D eigenvalue weighted by atomic mass is 16.3. The van der Waals surface area contributed by atoms with Crippen LogP contribution < -0.4 is 10.6 Å². The summed E-state index contributed by atoms with van der Waals surface area (Å²) in [5, 5.41) is 6.00. The van der Waals surface area contributed by atoms with Gasteiger partial charge in [0.1, 0.15) is 6.26 Å². The number of anilines is 1. The quantitative estimate of drug-likeness (QED) is 0.791. The van der Waals surface area contributed by atoms with Crippen molar-refractivity contribution in [2.24, 2.45) is 5.92 Å². The molecule has 2 aliphatic rings. The number of para-hydroxylation sites is 1. The van der Waals surface area contributed by atoms with Gasteiger partial charge in [-0.05, 0) is 43.9 Å². The highest BCUT2D eigenvalue weighted by molar-refractivity contribution is 6.04. The van der Waals surface area contributed by atoms with Gasteiger partial charge in [-0.15, -0.1) is 0 Å². The first-order valence-corrected chi connectivity index (χ1v) is 10.6. The van der Waals surface area contributed by atoms with Crippen LogP contribution >= 0.6 is 0 Å². The topological polar surface area (TPSA) is 91.7 Å². The fourth-order valence-corrected chi connectivity index (χ4v) is 4.30. The molecule has 0 spiro atoms. The third kappa shape index (κ3) is 4.56. The zero-order chi connectivity index (χ0) is 20.9. The number of furan rings is 1. The molecule has 4 rings (SSSR count). The summed E-state index contributed by atoms with van der Waals surface area (Å²) in [6.45, 7) is 0.973. The van der Waals surface area contributed by atoms with Crippen molar-refractivity contribution in [1.29, 1.82) is 0 Å². The number of nitrogens with zero attached hydrogens (tertiary/aromatic N) is 1. The maximum absolute atomic E-state index is 12.9. The summed E-state index contributed by atoms with van der Waals surface area (Å²) in [6, 6.07) is 8.92. The van der Waals surface area contributed by atoms with Crippen molar-refractivity contribution < 1.29 is 18.8 Å². The fraction of sp³-hybridized carbons (Fsp3) is 0.435.